The first-order valence-corrected chi connectivity index (χ1v) is 7.19. The fourth-order valence-corrected chi connectivity index (χ4v) is 1.57. The van der Waals surface area contributed by atoms with Gasteiger partial charge < -0.3 is 9.47 Å². The van der Waals surface area contributed by atoms with Crippen LogP contribution >= 0.6 is 0 Å². The van der Waals surface area contributed by atoms with Crippen LogP contribution in [0.15, 0.2) is 0 Å². The monoisotopic (exact) mass is 258 g/mol. The molecule has 0 atom stereocenters. The van der Waals surface area contributed by atoms with Crippen LogP contribution in [0.5, 0.6) is 0 Å². The molecule has 18 heavy (non-hydrogen) atoms. The van der Waals surface area contributed by atoms with Crippen LogP contribution in [-0.2, 0) is 9.47 Å². The lowest BCUT2D eigenvalue weighted by Gasteiger charge is -2.30. The summed E-state index contributed by atoms with van der Waals surface area (Å²) in [5, 5.41) is 0. The molecule has 0 heterocycles. The molecule has 0 unspecified atom stereocenters. The minimum atomic E-state index is -0.0351. The number of rotatable bonds is 7. The second-order valence-electron chi connectivity index (χ2n) is 7.98. The first-order valence-electron chi connectivity index (χ1n) is 7.19. The summed E-state index contributed by atoms with van der Waals surface area (Å²) in [5.74, 6) is 0. The van der Waals surface area contributed by atoms with E-state index in [0.29, 0.717) is 0 Å². The Hall–Kier alpha value is -0.0800. The molecule has 0 spiro atoms. The van der Waals surface area contributed by atoms with E-state index in [4.69, 9.17) is 9.47 Å². The van der Waals surface area contributed by atoms with Crippen molar-refractivity contribution in [2.24, 2.45) is 5.41 Å². The van der Waals surface area contributed by atoms with Crippen molar-refractivity contribution in [2.45, 2.75) is 85.9 Å². The summed E-state index contributed by atoms with van der Waals surface area (Å²) in [7, 11) is 0. The molecule has 0 bridgehead atoms. The van der Waals surface area contributed by atoms with Crippen molar-refractivity contribution in [1.82, 2.24) is 0 Å². The molecular weight excluding hydrogens is 224 g/mol. The largest absolute Gasteiger partial charge is 0.376 e. The first-order chi connectivity index (χ1) is 7.91. The van der Waals surface area contributed by atoms with Gasteiger partial charge in [-0.2, -0.15) is 0 Å². The summed E-state index contributed by atoms with van der Waals surface area (Å²) in [6, 6.07) is 0. The van der Waals surface area contributed by atoms with E-state index in [1.165, 1.54) is 12.8 Å². The highest BCUT2D eigenvalue weighted by molar-refractivity contribution is 4.71. The fraction of sp³-hybridized carbons (Fsp3) is 1.00. The van der Waals surface area contributed by atoms with Crippen molar-refractivity contribution in [2.75, 3.05) is 13.2 Å². The lowest BCUT2D eigenvalue weighted by molar-refractivity contribution is -0.0468. The summed E-state index contributed by atoms with van der Waals surface area (Å²) in [4.78, 5) is 0. The van der Waals surface area contributed by atoms with Gasteiger partial charge in [0.15, 0.2) is 0 Å². The van der Waals surface area contributed by atoms with Gasteiger partial charge in [0, 0.05) is 6.61 Å². The van der Waals surface area contributed by atoms with Gasteiger partial charge in [0.2, 0.25) is 0 Å². The Bertz CT molecular complexity index is 218. The van der Waals surface area contributed by atoms with Gasteiger partial charge in [-0.3, -0.25) is 0 Å². The molecule has 0 saturated carbocycles. The highest BCUT2D eigenvalue weighted by atomic mass is 16.5. The lowest BCUT2D eigenvalue weighted by atomic mass is 9.88. The van der Waals surface area contributed by atoms with Crippen LogP contribution in [0.1, 0.15) is 74.7 Å². The zero-order chi connectivity index (χ0) is 14.4. The summed E-state index contributed by atoms with van der Waals surface area (Å²) in [6.07, 6.45) is 3.53. The lowest BCUT2D eigenvalue weighted by Crippen LogP contribution is -2.28. The highest BCUT2D eigenvalue weighted by Gasteiger charge is 2.21. The molecule has 0 fully saturated rings. The van der Waals surface area contributed by atoms with Crippen molar-refractivity contribution >= 4 is 0 Å². The highest BCUT2D eigenvalue weighted by Crippen LogP contribution is 2.26. The Labute approximate surface area is 114 Å². The molecule has 0 aromatic rings. The molecule has 2 nitrogen and oxygen atoms in total. The Morgan fingerprint density at radius 1 is 0.667 bits per heavy atom. The Kier molecular flexibility index (Phi) is 6.87. The minimum Gasteiger partial charge on any atom is -0.376 e. The zero-order valence-electron chi connectivity index (χ0n) is 13.9. The van der Waals surface area contributed by atoms with Crippen molar-refractivity contribution < 1.29 is 9.47 Å². The van der Waals surface area contributed by atoms with E-state index in [9.17, 15) is 0 Å². The summed E-state index contributed by atoms with van der Waals surface area (Å²) in [6.45, 7) is 18.9. The predicted molar refractivity (Wildman–Crippen MR) is 79.0 cm³/mol. The third-order valence-electron chi connectivity index (χ3n) is 2.68. The van der Waals surface area contributed by atoms with Crippen LogP contribution in [0.3, 0.4) is 0 Å². The second-order valence-corrected chi connectivity index (χ2v) is 7.98. The van der Waals surface area contributed by atoms with Gasteiger partial charge in [-0.05, 0) is 59.8 Å². The summed E-state index contributed by atoms with van der Waals surface area (Å²) in [5.41, 5.74) is 0.215. The topological polar surface area (TPSA) is 18.5 Å². The average molecular weight is 258 g/mol. The molecular formula is C16H34O2. The van der Waals surface area contributed by atoms with Crippen LogP contribution in [-0.4, -0.2) is 24.4 Å². The van der Waals surface area contributed by atoms with E-state index >= 15 is 0 Å². The van der Waals surface area contributed by atoms with Crippen LogP contribution in [0.2, 0.25) is 0 Å². The zero-order valence-corrected chi connectivity index (χ0v) is 13.9. The Balaban J connectivity index is 3.71. The van der Waals surface area contributed by atoms with E-state index in [0.717, 1.165) is 19.6 Å². The quantitative estimate of drug-likeness (QED) is 0.610. The third-order valence-corrected chi connectivity index (χ3v) is 2.68. The molecule has 0 saturated heterocycles. The SMILES string of the molecule is CC(C)(CCCCOC(C)(C)C)COC(C)(C)C. The Morgan fingerprint density at radius 2 is 1.17 bits per heavy atom. The van der Waals surface area contributed by atoms with E-state index in [1.807, 2.05) is 0 Å². The van der Waals surface area contributed by atoms with Gasteiger partial charge in [-0.1, -0.05) is 20.3 Å². The molecule has 0 rings (SSSR count). The first kappa shape index (κ1) is 17.9. The molecule has 0 aromatic carbocycles. The normalized spacial score (nSPS) is 14.0. The maximum atomic E-state index is 5.87. The second kappa shape index (κ2) is 6.91. The van der Waals surface area contributed by atoms with Crippen LogP contribution in [0.4, 0.5) is 0 Å². The van der Waals surface area contributed by atoms with Crippen molar-refractivity contribution in [3.05, 3.63) is 0 Å². The smallest absolute Gasteiger partial charge is 0.0598 e. The van der Waals surface area contributed by atoms with Crippen molar-refractivity contribution in [3.63, 3.8) is 0 Å². The van der Waals surface area contributed by atoms with Crippen molar-refractivity contribution in [3.8, 4) is 0 Å². The number of hydrogen-bond donors (Lipinski definition) is 0. The van der Waals surface area contributed by atoms with Crippen LogP contribution in [0.25, 0.3) is 0 Å². The van der Waals surface area contributed by atoms with Crippen LogP contribution in [0, 0.1) is 5.41 Å². The van der Waals surface area contributed by atoms with Gasteiger partial charge in [0.25, 0.3) is 0 Å². The maximum absolute atomic E-state index is 5.87. The number of unbranched alkanes of at least 4 members (excludes halogenated alkanes) is 1. The molecule has 0 radical (unpaired) electrons. The minimum absolute atomic E-state index is 0.00906. The molecule has 2 heteroatoms. The van der Waals surface area contributed by atoms with Crippen LogP contribution < -0.4 is 0 Å². The standard InChI is InChI=1S/C16H34O2/c1-14(2,3)17-12-10-9-11-16(7,8)13-18-15(4,5)6/h9-13H2,1-8H3. The molecule has 0 N–H and O–H groups in total. The molecule has 0 aromatic heterocycles. The molecule has 0 amide bonds. The summed E-state index contributed by atoms with van der Waals surface area (Å²) < 4.78 is 11.6. The Morgan fingerprint density at radius 3 is 1.61 bits per heavy atom. The van der Waals surface area contributed by atoms with E-state index < -0.39 is 0 Å². The summed E-state index contributed by atoms with van der Waals surface area (Å²) >= 11 is 0. The average Bonchev–Trinajstić information content (AvgIpc) is 2.11. The molecule has 0 aliphatic heterocycles. The molecule has 110 valence electrons. The van der Waals surface area contributed by atoms with Gasteiger partial charge in [-0.25, -0.2) is 0 Å². The number of ether oxygens (including phenoxy) is 2. The van der Waals surface area contributed by atoms with E-state index in [2.05, 4.69) is 55.4 Å². The molecule has 0 aliphatic rings. The fourth-order valence-electron chi connectivity index (χ4n) is 1.57. The third kappa shape index (κ3) is 12.4. The van der Waals surface area contributed by atoms with Gasteiger partial charge in [0.1, 0.15) is 0 Å². The predicted octanol–water partition coefficient (Wildman–Crippen LogP) is 4.81. The van der Waals surface area contributed by atoms with Gasteiger partial charge >= 0.3 is 0 Å². The van der Waals surface area contributed by atoms with E-state index in [-0.39, 0.29) is 16.6 Å². The van der Waals surface area contributed by atoms with Gasteiger partial charge in [0.05, 0.1) is 17.8 Å². The van der Waals surface area contributed by atoms with Gasteiger partial charge in [-0.15, -0.1) is 0 Å². The van der Waals surface area contributed by atoms with E-state index in [1.54, 1.807) is 0 Å². The molecule has 0 aliphatic carbocycles. The van der Waals surface area contributed by atoms with Crippen molar-refractivity contribution in [1.29, 1.82) is 0 Å². The maximum Gasteiger partial charge on any atom is 0.0598 e. The number of hydrogen-bond acceptors (Lipinski definition) is 2.